The van der Waals surface area contributed by atoms with Gasteiger partial charge in [0.25, 0.3) is 0 Å². The van der Waals surface area contributed by atoms with Crippen molar-refractivity contribution >= 4 is 21.9 Å². The first kappa shape index (κ1) is 14.4. The van der Waals surface area contributed by atoms with E-state index in [0.29, 0.717) is 11.8 Å². The molecule has 0 heterocycles. The fourth-order valence-electron chi connectivity index (χ4n) is 2.62. The molecule has 4 heteroatoms. The van der Waals surface area contributed by atoms with Crippen LogP contribution >= 0.6 is 15.9 Å². The smallest absolute Gasteiger partial charge is 0.308 e. The maximum Gasteiger partial charge on any atom is 0.308 e. The van der Waals surface area contributed by atoms with Crippen molar-refractivity contribution in [2.24, 2.45) is 11.8 Å². The van der Waals surface area contributed by atoms with Crippen LogP contribution in [0.15, 0.2) is 22.7 Å². The van der Waals surface area contributed by atoms with Crippen LogP contribution in [0.25, 0.3) is 0 Å². The Bertz CT molecular complexity index is 472. The zero-order valence-corrected chi connectivity index (χ0v) is 13.1. The number of halogens is 1. The number of benzene rings is 1. The summed E-state index contributed by atoms with van der Waals surface area (Å²) in [6.07, 6.45) is 1.94. The van der Waals surface area contributed by atoms with Crippen LogP contribution in [0.1, 0.15) is 31.2 Å². The van der Waals surface area contributed by atoms with Crippen molar-refractivity contribution < 1.29 is 14.3 Å². The highest BCUT2D eigenvalue weighted by Gasteiger charge is 2.44. The second-order valence-electron chi connectivity index (χ2n) is 5.15. The molecule has 1 aliphatic rings. The van der Waals surface area contributed by atoms with Gasteiger partial charge < -0.3 is 9.47 Å². The molecule has 3 unspecified atom stereocenters. The molecule has 0 spiro atoms. The maximum atomic E-state index is 11.4. The summed E-state index contributed by atoms with van der Waals surface area (Å²) in [7, 11) is 3.15. The summed E-state index contributed by atoms with van der Waals surface area (Å²) >= 11 is 3.49. The van der Waals surface area contributed by atoms with Crippen molar-refractivity contribution in [3.05, 3.63) is 28.2 Å². The van der Waals surface area contributed by atoms with Gasteiger partial charge in [-0.2, -0.15) is 0 Å². The number of rotatable bonds is 5. The third-order valence-electron chi connectivity index (χ3n) is 3.81. The predicted octanol–water partition coefficient (Wildman–Crippen LogP) is 3.76. The second-order valence-corrected chi connectivity index (χ2v) is 6.06. The lowest BCUT2D eigenvalue weighted by atomic mass is 9.94. The standard InChI is InChI=1S/C15H19BrO3/c1-9(6-10-7-13(10)15(17)19-3)12-8-11(16)4-5-14(12)18-2/h4-5,8-10,13H,6-7H2,1-3H3. The molecule has 0 aliphatic heterocycles. The van der Waals surface area contributed by atoms with Gasteiger partial charge in [0.15, 0.2) is 0 Å². The van der Waals surface area contributed by atoms with E-state index in [9.17, 15) is 4.79 Å². The second kappa shape index (κ2) is 5.95. The molecule has 1 aromatic carbocycles. The largest absolute Gasteiger partial charge is 0.496 e. The number of carbonyl (C=O) groups is 1. The minimum atomic E-state index is -0.0709. The summed E-state index contributed by atoms with van der Waals surface area (Å²) in [5.41, 5.74) is 1.19. The van der Waals surface area contributed by atoms with Gasteiger partial charge in [-0.1, -0.05) is 22.9 Å². The monoisotopic (exact) mass is 326 g/mol. The van der Waals surface area contributed by atoms with E-state index in [0.717, 1.165) is 23.1 Å². The molecule has 1 fully saturated rings. The van der Waals surface area contributed by atoms with Crippen molar-refractivity contribution in [3.8, 4) is 5.75 Å². The maximum absolute atomic E-state index is 11.4. The van der Waals surface area contributed by atoms with Crippen LogP contribution in [0, 0.1) is 11.8 Å². The Balaban J connectivity index is 2.03. The zero-order valence-electron chi connectivity index (χ0n) is 11.5. The minimum Gasteiger partial charge on any atom is -0.496 e. The van der Waals surface area contributed by atoms with Gasteiger partial charge in [-0.15, -0.1) is 0 Å². The van der Waals surface area contributed by atoms with Crippen LogP contribution in [0.2, 0.25) is 0 Å². The van der Waals surface area contributed by atoms with Crippen molar-refractivity contribution in [2.75, 3.05) is 14.2 Å². The van der Waals surface area contributed by atoms with Gasteiger partial charge >= 0.3 is 5.97 Å². The molecule has 1 saturated carbocycles. The first-order valence-electron chi connectivity index (χ1n) is 6.48. The average Bonchev–Trinajstić information content (AvgIpc) is 3.17. The van der Waals surface area contributed by atoms with Gasteiger partial charge in [-0.3, -0.25) is 4.79 Å². The molecule has 0 aromatic heterocycles. The zero-order chi connectivity index (χ0) is 14.0. The fraction of sp³-hybridized carbons (Fsp3) is 0.533. The van der Waals surface area contributed by atoms with Crippen molar-refractivity contribution in [1.82, 2.24) is 0 Å². The highest BCUT2D eigenvalue weighted by atomic mass is 79.9. The van der Waals surface area contributed by atoms with E-state index in [4.69, 9.17) is 9.47 Å². The molecule has 1 aromatic rings. The van der Waals surface area contributed by atoms with Crippen LogP contribution in [0.4, 0.5) is 0 Å². The molecule has 104 valence electrons. The third kappa shape index (κ3) is 3.30. The Morgan fingerprint density at radius 1 is 1.47 bits per heavy atom. The molecule has 0 N–H and O–H groups in total. The minimum absolute atomic E-state index is 0.0709. The summed E-state index contributed by atoms with van der Waals surface area (Å²) < 4.78 is 11.2. The molecule has 0 bridgehead atoms. The molecule has 0 amide bonds. The van der Waals surface area contributed by atoms with Gasteiger partial charge in [-0.25, -0.2) is 0 Å². The number of hydrogen-bond donors (Lipinski definition) is 0. The molecular weight excluding hydrogens is 308 g/mol. The van der Waals surface area contributed by atoms with Crippen molar-refractivity contribution in [2.45, 2.75) is 25.7 Å². The number of ether oxygens (including phenoxy) is 2. The Morgan fingerprint density at radius 3 is 2.84 bits per heavy atom. The number of esters is 1. The Morgan fingerprint density at radius 2 is 2.21 bits per heavy atom. The topological polar surface area (TPSA) is 35.5 Å². The Kier molecular flexibility index (Phi) is 4.50. The lowest BCUT2D eigenvalue weighted by molar-refractivity contribution is -0.142. The van der Waals surface area contributed by atoms with Gasteiger partial charge in [0.05, 0.1) is 20.1 Å². The molecule has 1 aliphatic carbocycles. The lowest BCUT2D eigenvalue weighted by Gasteiger charge is -2.16. The number of hydrogen-bond acceptors (Lipinski definition) is 3. The summed E-state index contributed by atoms with van der Waals surface area (Å²) in [5, 5.41) is 0. The highest BCUT2D eigenvalue weighted by molar-refractivity contribution is 9.10. The van der Waals surface area contributed by atoms with Crippen molar-refractivity contribution in [3.63, 3.8) is 0 Å². The molecule has 0 saturated heterocycles. The van der Waals surface area contributed by atoms with E-state index < -0.39 is 0 Å². The van der Waals surface area contributed by atoms with Crippen LogP contribution in [0.3, 0.4) is 0 Å². The van der Waals surface area contributed by atoms with Gasteiger partial charge in [0.1, 0.15) is 5.75 Å². The Labute approximate surface area is 122 Å². The summed E-state index contributed by atoms with van der Waals surface area (Å²) in [6, 6.07) is 6.04. The van der Waals surface area contributed by atoms with Gasteiger partial charge in [0.2, 0.25) is 0 Å². The molecule has 0 radical (unpaired) electrons. The quantitative estimate of drug-likeness (QED) is 0.773. The van der Waals surface area contributed by atoms with Gasteiger partial charge in [0, 0.05) is 4.47 Å². The molecular formula is C15H19BrO3. The normalized spacial score (nSPS) is 22.7. The summed E-state index contributed by atoms with van der Waals surface area (Å²) in [4.78, 5) is 11.4. The van der Waals surface area contributed by atoms with E-state index in [1.54, 1.807) is 7.11 Å². The van der Waals surface area contributed by atoms with E-state index in [1.807, 2.05) is 12.1 Å². The molecule has 2 rings (SSSR count). The van der Waals surface area contributed by atoms with Crippen molar-refractivity contribution in [1.29, 1.82) is 0 Å². The van der Waals surface area contributed by atoms with E-state index >= 15 is 0 Å². The number of carbonyl (C=O) groups excluding carboxylic acids is 1. The molecule has 19 heavy (non-hydrogen) atoms. The van der Waals surface area contributed by atoms with E-state index in [1.165, 1.54) is 12.7 Å². The average molecular weight is 327 g/mol. The van der Waals surface area contributed by atoms with E-state index in [-0.39, 0.29) is 11.9 Å². The summed E-state index contributed by atoms with van der Waals surface area (Å²) in [5.74, 6) is 1.76. The first-order chi connectivity index (χ1) is 9.06. The highest BCUT2D eigenvalue weighted by Crippen LogP contribution is 2.46. The lowest BCUT2D eigenvalue weighted by Crippen LogP contribution is -2.06. The van der Waals surface area contributed by atoms with Gasteiger partial charge in [-0.05, 0) is 48.4 Å². The van der Waals surface area contributed by atoms with E-state index in [2.05, 4.69) is 28.9 Å². The van der Waals surface area contributed by atoms with Crippen LogP contribution in [0.5, 0.6) is 5.75 Å². The van der Waals surface area contributed by atoms with Crippen LogP contribution in [-0.4, -0.2) is 20.2 Å². The predicted molar refractivity (Wildman–Crippen MR) is 77.3 cm³/mol. The first-order valence-corrected chi connectivity index (χ1v) is 7.27. The SMILES string of the molecule is COC(=O)C1CC1CC(C)c1cc(Br)ccc1OC. The third-order valence-corrected chi connectivity index (χ3v) is 4.30. The van der Waals surface area contributed by atoms with Crippen LogP contribution in [-0.2, 0) is 9.53 Å². The Hall–Kier alpha value is -1.03. The summed E-state index contributed by atoms with van der Waals surface area (Å²) in [6.45, 7) is 2.18. The van der Waals surface area contributed by atoms with Crippen LogP contribution < -0.4 is 4.74 Å². The molecule has 3 atom stereocenters. The molecule has 3 nitrogen and oxygen atoms in total. The number of methoxy groups -OCH3 is 2. The fourth-order valence-corrected chi connectivity index (χ4v) is 3.00.